The summed E-state index contributed by atoms with van der Waals surface area (Å²) in [5.74, 6) is 0.875. The minimum atomic E-state index is 0.124. The van der Waals surface area contributed by atoms with E-state index in [9.17, 15) is 4.79 Å². The first kappa shape index (κ1) is 14.9. The van der Waals surface area contributed by atoms with E-state index in [1.807, 2.05) is 23.1 Å². The number of hydrogen-bond donors (Lipinski definition) is 0. The largest absolute Gasteiger partial charge is 0.496 e. The third kappa shape index (κ3) is 2.81. The van der Waals surface area contributed by atoms with Crippen molar-refractivity contribution in [1.29, 1.82) is 0 Å². The lowest BCUT2D eigenvalue weighted by molar-refractivity contribution is 0.0740. The second-order valence-electron chi connectivity index (χ2n) is 5.94. The summed E-state index contributed by atoms with van der Waals surface area (Å²) >= 11 is 3.45. The van der Waals surface area contributed by atoms with E-state index in [1.54, 1.807) is 7.11 Å². The molecule has 2 atom stereocenters. The molecular weight excluding hydrogens is 332 g/mol. The van der Waals surface area contributed by atoms with E-state index in [2.05, 4.69) is 27.9 Å². The molecule has 4 nitrogen and oxygen atoms in total. The second-order valence-corrected chi connectivity index (χ2v) is 6.79. The zero-order valence-corrected chi connectivity index (χ0v) is 14.1. The Morgan fingerprint density at radius 1 is 1.29 bits per heavy atom. The van der Waals surface area contributed by atoms with Crippen LogP contribution in [0, 0.1) is 0 Å². The highest BCUT2D eigenvalue weighted by Crippen LogP contribution is 2.30. The molecule has 0 aliphatic carbocycles. The summed E-state index contributed by atoms with van der Waals surface area (Å²) in [6, 6.07) is 6.71. The van der Waals surface area contributed by atoms with Crippen LogP contribution in [-0.2, 0) is 0 Å². The molecule has 0 spiro atoms. The van der Waals surface area contributed by atoms with E-state index in [-0.39, 0.29) is 5.91 Å². The van der Waals surface area contributed by atoms with Crippen molar-refractivity contribution in [1.82, 2.24) is 9.80 Å². The molecule has 1 amide bonds. The van der Waals surface area contributed by atoms with E-state index in [0.717, 1.165) is 35.3 Å². The molecule has 114 valence electrons. The summed E-state index contributed by atoms with van der Waals surface area (Å²) in [5.41, 5.74) is 0.725. The molecule has 1 aromatic carbocycles. The fraction of sp³-hybridized carbons (Fsp3) is 0.562. The highest BCUT2D eigenvalue weighted by atomic mass is 79.9. The predicted octanol–water partition coefficient (Wildman–Crippen LogP) is 2.77. The van der Waals surface area contributed by atoms with Crippen LogP contribution in [0.4, 0.5) is 0 Å². The SMILES string of the molecule is COc1ccc(C(=O)N2CCC3CCC(C2)N3C)cc1Br. The van der Waals surface area contributed by atoms with Crippen molar-refractivity contribution in [3.8, 4) is 5.75 Å². The van der Waals surface area contributed by atoms with Crippen LogP contribution >= 0.6 is 15.9 Å². The summed E-state index contributed by atoms with van der Waals surface area (Å²) in [5, 5.41) is 0. The standard InChI is InChI=1S/C16H21BrN2O2/c1-18-12-4-5-13(18)10-19(8-7-12)16(20)11-3-6-15(21-2)14(17)9-11/h3,6,9,12-13H,4-5,7-8,10H2,1-2H3. The first-order valence-corrected chi connectivity index (χ1v) is 8.24. The van der Waals surface area contributed by atoms with E-state index >= 15 is 0 Å². The molecule has 0 radical (unpaired) electrons. The second kappa shape index (κ2) is 5.97. The Labute approximate surface area is 134 Å². The number of nitrogens with zero attached hydrogens (tertiary/aromatic N) is 2. The van der Waals surface area contributed by atoms with E-state index in [4.69, 9.17) is 4.74 Å². The minimum absolute atomic E-state index is 0.124. The maximum atomic E-state index is 12.7. The number of carbonyl (C=O) groups is 1. The molecule has 1 aromatic rings. The van der Waals surface area contributed by atoms with Crippen LogP contribution in [0.1, 0.15) is 29.6 Å². The van der Waals surface area contributed by atoms with Crippen LogP contribution in [0.15, 0.2) is 22.7 Å². The van der Waals surface area contributed by atoms with Crippen LogP contribution in [0.25, 0.3) is 0 Å². The van der Waals surface area contributed by atoms with Crippen molar-refractivity contribution in [2.75, 3.05) is 27.2 Å². The number of halogens is 1. The molecule has 3 rings (SSSR count). The first-order chi connectivity index (χ1) is 10.1. The zero-order chi connectivity index (χ0) is 15.0. The van der Waals surface area contributed by atoms with Gasteiger partial charge in [-0.15, -0.1) is 0 Å². The predicted molar refractivity (Wildman–Crippen MR) is 85.8 cm³/mol. The highest BCUT2D eigenvalue weighted by molar-refractivity contribution is 9.10. The van der Waals surface area contributed by atoms with Gasteiger partial charge in [0, 0.05) is 30.7 Å². The van der Waals surface area contributed by atoms with Gasteiger partial charge in [-0.05, 0) is 60.4 Å². The van der Waals surface area contributed by atoms with Crippen LogP contribution in [0.2, 0.25) is 0 Å². The lowest BCUT2D eigenvalue weighted by atomic mass is 10.1. The highest BCUT2D eigenvalue weighted by Gasteiger charge is 2.36. The van der Waals surface area contributed by atoms with Gasteiger partial charge in [0.2, 0.25) is 0 Å². The van der Waals surface area contributed by atoms with Gasteiger partial charge in [0.1, 0.15) is 5.75 Å². The van der Waals surface area contributed by atoms with Crippen molar-refractivity contribution in [3.63, 3.8) is 0 Å². The topological polar surface area (TPSA) is 32.8 Å². The number of carbonyl (C=O) groups excluding carboxylic acids is 1. The number of hydrogen-bond acceptors (Lipinski definition) is 3. The number of likely N-dealkylation sites (N-methyl/N-ethyl adjacent to an activating group) is 1. The number of rotatable bonds is 2. The molecule has 0 aromatic heterocycles. The quantitative estimate of drug-likeness (QED) is 0.820. The number of fused-ring (bicyclic) bond motifs is 2. The van der Waals surface area contributed by atoms with Gasteiger partial charge in [0.15, 0.2) is 0 Å². The molecule has 2 bridgehead atoms. The maximum Gasteiger partial charge on any atom is 0.253 e. The van der Waals surface area contributed by atoms with Crippen LogP contribution in [0.3, 0.4) is 0 Å². The Bertz CT molecular complexity index is 549. The molecule has 5 heteroatoms. The summed E-state index contributed by atoms with van der Waals surface area (Å²) in [6.07, 6.45) is 3.56. The molecule has 0 N–H and O–H groups in total. The van der Waals surface area contributed by atoms with Gasteiger partial charge >= 0.3 is 0 Å². The van der Waals surface area contributed by atoms with Crippen LogP contribution < -0.4 is 4.74 Å². The molecule has 2 aliphatic rings. The Morgan fingerprint density at radius 3 is 2.76 bits per heavy atom. The Morgan fingerprint density at radius 2 is 2.05 bits per heavy atom. The van der Waals surface area contributed by atoms with E-state index in [1.165, 1.54) is 12.8 Å². The van der Waals surface area contributed by atoms with Crippen molar-refractivity contribution >= 4 is 21.8 Å². The smallest absolute Gasteiger partial charge is 0.253 e. The summed E-state index contributed by atoms with van der Waals surface area (Å²) < 4.78 is 6.04. The molecule has 0 saturated carbocycles. The zero-order valence-electron chi connectivity index (χ0n) is 12.5. The van der Waals surface area contributed by atoms with E-state index < -0.39 is 0 Å². The number of benzene rings is 1. The number of amides is 1. The summed E-state index contributed by atoms with van der Waals surface area (Å²) in [4.78, 5) is 17.2. The molecule has 21 heavy (non-hydrogen) atoms. The number of likely N-dealkylation sites (tertiary alicyclic amines) is 1. The molecule has 2 fully saturated rings. The van der Waals surface area contributed by atoms with Crippen LogP contribution in [0.5, 0.6) is 5.75 Å². The van der Waals surface area contributed by atoms with Crippen molar-refractivity contribution < 1.29 is 9.53 Å². The average Bonchev–Trinajstić information content (AvgIpc) is 2.71. The summed E-state index contributed by atoms with van der Waals surface area (Å²) in [7, 11) is 3.82. The Balaban J connectivity index is 1.77. The van der Waals surface area contributed by atoms with Gasteiger partial charge in [-0.1, -0.05) is 0 Å². The summed E-state index contributed by atoms with van der Waals surface area (Å²) in [6.45, 7) is 1.70. The van der Waals surface area contributed by atoms with Crippen molar-refractivity contribution in [2.45, 2.75) is 31.3 Å². The minimum Gasteiger partial charge on any atom is -0.496 e. The average molecular weight is 353 g/mol. The third-order valence-electron chi connectivity index (χ3n) is 4.83. The van der Waals surface area contributed by atoms with Gasteiger partial charge in [-0.25, -0.2) is 0 Å². The first-order valence-electron chi connectivity index (χ1n) is 7.45. The maximum absolute atomic E-state index is 12.7. The monoisotopic (exact) mass is 352 g/mol. The molecule has 2 aliphatic heterocycles. The van der Waals surface area contributed by atoms with Gasteiger partial charge in [0.25, 0.3) is 5.91 Å². The van der Waals surface area contributed by atoms with Gasteiger partial charge < -0.3 is 9.64 Å². The lowest BCUT2D eigenvalue weighted by Crippen LogP contribution is -2.39. The number of ether oxygens (including phenoxy) is 1. The third-order valence-corrected chi connectivity index (χ3v) is 5.45. The fourth-order valence-electron chi connectivity index (χ4n) is 3.48. The van der Waals surface area contributed by atoms with Crippen molar-refractivity contribution in [2.24, 2.45) is 0 Å². The van der Waals surface area contributed by atoms with Gasteiger partial charge in [0.05, 0.1) is 11.6 Å². The van der Waals surface area contributed by atoms with Gasteiger partial charge in [-0.2, -0.15) is 0 Å². The normalized spacial score (nSPS) is 25.8. The molecule has 2 unspecified atom stereocenters. The molecular formula is C16H21BrN2O2. The molecule has 2 heterocycles. The molecule has 2 saturated heterocycles. The number of methoxy groups -OCH3 is 1. The van der Waals surface area contributed by atoms with E-state index in [0.29, 0.717) is 12.1 Å². The van der Waals surface area contributed by atoms with Crippen molar-refractivity contribution in [3.05, 3.63) is 28.2 Å². The fourth-order valence-corrected chi connectivity index (χ4v) is 4.02. The van der Waals surface area contributed by atoms with Crippen LogP contribution in [-0.4, -0.2) is 55.0 Å². The Hall–Kier alpha value is -1.07. The van der Waals surface area contributed by atoms with Gasteiger partial charge in [-0.3, -0.25) is 9.69 Å². The lowest BCUT2D eigenvalue weighted by Gasteiger charge is -2.26. The Kier molecular flexibility index (Phi) is 4.22.